The maximum absolute atomic E-state index is 10.7. The summed E-state index contributed by atoms with van der Waals surface area (Å²) in [5.74, 6) is -0.252. The topological polar surface area (TPSA) is 26.3 Å². The summed E-state index contributed by atoms with van der Waals surface area (Å²) in [5, 5.41) is 0.690. The monoisotopic (exact) mass is 220 g/mol. The van der Waals surface area contributed by atoms with Crippen LogP contribution in [0, 0.1) is 0 Å². The van der Waals surface area contributed by atoms with E-state index in [4.69, 9.17) is 4.74 Å². The first-order chi connectivity index (χ1) is 5.31. The van der Waals surface area contributed by atoms with E-state index in [2.05, 4.69) is 22.9 Å². The molecule has 0 unspecified atom stereocenters. The Morgan fingerprint density at radius 1 is 1.64 bits per heavy atom. The molecule has 0 N–H and O–H groups in total. The molecular weight excluding hydrogens is 208 g/mol. The van der Waals surface area contributed by atoms with E-state index < -0.39 is 0 Å². The van der Waals surface area contributed by atoms with Gasteiger partial charge in [0.1, 0.15) is 0 Å². The van der Waals surface area contributed by atoms with Gasteiger partial charge in [-0.1, -0.05) is 35.4 Å². The largest absolute Gasteiger partial charge is 0.463 e. The lowest BCUT2D eigenvalue weighted by Gasteiger charge is -1.97. The predicted molar refractivity (Wildman–Crippen MR) is 48.8 cm³/mol. The van der Waals surface area contributed by atoms with Crippen molar-refractivity contribution in [3.8, 4) is 0 Å². The number of hydrogen-bond donors (Lipinski definition) is 0. The molecule has 0 atom stereocenters. The summed E-state index contributed by atoms with van der Waals surface area (Å²) in [4.78, 5) is 10.7. The standard InChI is InChI=1S/C8H13BrO2/c1-2-3-7-11-8(10)5-4-6-9/h4-5H,2-3,6-7H2,1H3/b5-4+. The minimum absolute atomic E-state index is 0.252. The van der Waals surface area contributed by atoms with Crippen LogP contribution in [0.25, 0.3) is 0 Å². The number of halogens is 1. The summed E-state index contributed by atoms with van der Waals surface area (Å²) in [6.07, 6.45) is 5.14. The molecule has 0 aromatic rings. The second kappa shape index (κ2) is 7.79. The highest BCUT2D eigenvalue weighted by Gasteiger charge is 1.93. The van der Waals surface area contributed by atoms with Crippen LogP contribution in [-0.2, 0) is 9.53 Å². The van der Waals surface area contributed by atoms with Gasteiger partial charge in [-0.3, -0.25) is 0 Å². The first-order valence-corrected chi connectivity index (χ1v) is 4.82. The van der Waals surface area contributed by atoms with Crippen molar-refractivity contribution >= 4 is 21.9 Å². The number of esters is 1. The molecule has 0 aliphatic carbocycles. The van der Waals surface area contributed by atoms with Crippen LogP contribution in [-0.4, -0.2) is 17.9 Å². The second-order valence-electron chi connectivity index (χ2n) is 2.08. The molecule has 0 spiro atoms. The Balaban J connectivity index is 3.30. The van der Waals surface area contributed by atoms with Crippen molar-refractivity contribution in [1.29, 1.82) is 0 Å². The Bertz CT molecular complexity index is 132. The molecule has 0 fully saturated rings. The highest BCUT2D eigenvalue weighted by molar-refractivity contribution is 9.09. The van der Waals surface area contributed by atoms with Gasteiger partial charge in [0, 0.05) is 11.4 Å². The van der Waals surface area contributed by atoms with Crippen LogP contribution >= 0.6 is 15.9 Å². The molecule has 0 aromatic carbocycles. The van der Waals surface area contributed by atoms with Crippen molar-refractivity contribution in [2.24, 2.45) is 0 Å². The van der Waals surface area contributed by atoms with Crippen molar-refractivity contribution in [3.05, 3.63) is 12.2 Å². The lowest BCUT2D eigenvalue weighted by atomic mass is 10.4. The SMILES string of the molecule is CCCCOC(=O)/C=C/CBr. The molecule has 0 amide bonds. The molecule has 64 valence electrons. The van der Waals surface area contributed by atoms with Gasteiger partial charge in [0.15, 0.2) is 0 Å². The van der Waals surface area contributed by atoms with E-state index in [1.807, 2.05) is 0 Å². The number of ether oxygens (including phenoxy) is 1. The second-order valence-corrected chi connectivity index (χ2v) is 2.73. The molecule has 0 radical (unpaired) electrons. The minimum atomic E-state index is -0.252. The first kappa shape index (κ1) is 10.7. The fourth-order valence-electron chi connectivity index (χ4n) is 0.506. The van der Waals surface area contributed by atoms with Crippen LogP contribution < -0.4 is 0 Å². The molecule has 0 aliphatic heterocycles. The van der Waals surface area contributed by atoms with Crippen LogP contribution in [0.15, 0.2) is 12.2 Å². The lowest BCUT2D eigenvalue weighted by molar-refractivity contribution is -0.137. The predicted octanol–water partition coefficient (Wildman–Crippen LogP) is 2.28. The average molecular weight is 221 g/mol. The summed E-state index contributed by atoms with van der Waals surface area (Å²) in [6, 6.07) is 0. The Labute approximate surface area is 75.7 Å². The summed E-state index contributed by atoms with van der Waals surface area (Å²) in [6.45, 7) is 2.59. The van der Waals surface area contributed by atoms with Gasteiger partial charge in [0.25, 0.3) is 0 Å². The van der Waals surface area contributed by atoms with Crippen LogP contribution in [0.3, 0.4) is 0 Å². The molecular formula is C8H13BrO2. The van der Waals surface area contributed by atoms with Crippen molar-refractivity contribution < 1.29 is 9.53 Å². The van der Waals surface area contributed by atoms with Crippen LogP contribution in [0.4, 0.5) is 0 Å². The Kier molecular flexibility index (Phi) is 7.57. The molecule has 0 aromatic heterocycles. The number of carbonyl (C=O) groups excluding carboxylic acids is 1. The maximum atomic E-state index is 10.7. The number of carbonyl (C=O) groups is 1. The van der Waals surface area contributed by atoms with Gasteiger partial charge in [-0.2, -0.15) is 0 Å². The van der Waals surface area contributed by atoms with E-state index >= 15 is 0 Å². The third-order valence-corrected chi connectivity index (χ3v) is 1.46. The summed E-state index contributed by atoms with van der Waals surface area (Å²) in [5.41, 5.74) is 0. The zero-order chi connectivity index (χ0) is 8.53. The lowest BCUT2D eigenvalue weighted by Crippen LogP contribution is -2.01. The maximum Gasteiger partial charge on any atom is 0.330 e. The van der Waals surface area contributed by atoms with E-state index in [1.54, 1.807) is 6.08 Å². The first-order valence-electron chi connectivity index (χ1n) is 3.70. The van der Waals surface area contributed by atoms with Crippen LogP contribution in [0.5, 0.6) is 0 Å². The van der Waals surface area contributed by atoms with Gasteiger partial charge in [0.05, 0.1) is 6.61 Å². The van der Waals surface area contributed by atoms with Gasteiger partial charge in [-0.25, -0.2) is 4.79 Å². The number of hydrogen-bond acceptors (Lipinski definition) is 2. The number of rotatable bonds is 5. The van der Waals surface area contributed by atoms with E-state index in [-0.39, 0.29) is 5.97 Å². The summed E-state index contributed by atoms with van der Waals surface area (Å²) in [7, 11) is 0. The van der Waals surface area contributed by atoms with E-state index in [0.29, 0.717) is 11.9 Å². The Hall–Kier alpha value is -0.310. The van der Waals surface area contributed by atoms with E-state index in [9.17, 15) is 4.79 Å². The zero-order valence-corrected chi connectivity index (χ0v) is 8.26. The Morgan fingerprint density at radius 2 is 2.36 bits per heavy atom. The molecule has 0 heterocycles. The Morgan fingerprint density at radius 3 is 2.91 bits per heavy atom. The average Bonchev–Trinajstić information content (AvgIpc) is 2.01. The highest BCUT2D eigenvalue weighted by Crippen LogP contribution is 1.90. The van der Waals surface area contributed by atoms with Crippen molar-refractivity contribution in [2.45, 2.75) is 19.8 Å². The molecule has 0 rings (SSSR count). The third kappa shape index (κ3) is 7.59. The summed E-state index contributed by atoms with van der Waals surface area (Å²) < 4.78 is 4.84. The van der Waals surface area contributed by atoms with Crippen LogP contribution in [0.1, 0.15) is 19.8 Å². The molecule has 0 saturated heterocycles. The number of unbranched alkanes of at least 4 members (excludes halogenated alkanes) is 1. The smallest absolute Gasteiger partial charge is 0.330 e. The van der Waals surface area contributed by atoms with E-state index in [1.165, 1.54) is 6.08 Å². The normalized spacial score (nSPS) is 10.4. The van der Waals surface area contributed by atoms with Gasteiger partial charge >= 0.3 is 5.97 Å². The van der Waals surface area contributed by atoms with Gasteiger partial charge in [0.2, 0.25) is 0 Å². The quantitative estimate of drug-likeness (QED) is 0.308. The third-order valence-electron chi connectivity index (χ3n) is 1.09. The molecule has 0 aliphatic rings. The molecule has 3 heteroatoms. The fraction of sp³-hybridized carbons (Fsp3) is 0.625. The summed E-state index contributed by atoms with van der Waals surface area (Å²) >= 11 is 3.17. The molecule has 2 nitrogen and oxygen atoms in total. The van der Waals surface area contributed by atoms with Gasteiger partial charge in [-0.05, 0) is 6.42 Å². The fourth-order valence-corrected chi connectivity index (χ4v) is 0.693. The highest BCUT2D eigenvalue weighted by atomic mass is 79.9. The van der Waals surface area contributed by atoms with Gasteiger partial charge in [-0.15, -0.1) is 0 Å². The zero-order valence-electron chi connectivity index (χ0n) is 6.68. The molecule has 0 bridgehead atoms. The minimum Gasteiger partial charge on any atom is -0.463 e. The number of alkyl halides is 1. The molecule has 11 heavy (non-hydrogen) atoms. The van der Waals surface area contributed by atoms with Crippen molar-refractivity contribution in [3.63, 3.8) is 0 Å². The van der Waals surface area contributed by atoms with Crippen LogP contribution in [0.2, 0.25) is 0 Å². The molecule has 0 saturated carbocycles. The van der Waals surface area contributed by atoms with E-state index in [0.717, 1.165) is 12.8 Å². The number of allylic oxidation sites excluding steroid dienone is 1. The van der Waals surface area contributed by atoms with Crippen molar-refractivity contribution in [2.75, 3.05) is 11.9 Å². The van der Waals surface area contributed by atoms with Crippen molar-refractivity contribution in [1.82, 2.24) is 0 Å². The van der Waals surface area contributed by atoms with Gasteiger partial charge < -0.3 is 4.74 Å².